The second kappa shape index (κ2) is 4.27. The van der Waals surface area contributed by atoms with Crippen molar-refractivity contribution in [2.24, 2.45) is 7.05 Å². The molecule has 5 nitrogen and oxygen atoms in total. The lowest BCUT2D eigenvalue weighted by atomic mass is 10.1. The van der Waals surface area contributed by atoms with E-state index < -0.39 is 0 Å². The molecular formula is C13H14N4O. The lowest BCUT2D eigenvalue weighted by Crippen LogP contribution is -2.26. The molecule has 0 saturated heterocycles. The Morgan fingerprint density at radius 2 is 2.28 bits per heavy atom. The standard InChI is InChI=1S/C13H14N4O/c1-17-8-9(7-15-17)6-14-12-10-4-2-3-5-11(10)16-13(12)18/h2-5,7-8,12,14H,6H2,1H3,(H,16,18). The molecule has 18 heavy (non-hydrogen) atoms. The molecule has 0 fully saturated rings. The fraction of sp³-hybridized carbons (Fsp3) is 0.231. The zero-order valence-electron chi connectivity index (χ0n) is 10.1. The number of para-hydroxylation sites is 1. The Hall–Kier alpha value is -2.14. The Morgan fingerprint density at radius 3 is 3.06 bits per heavy atom. The second-order valence-corrected chi connectivity index (χ2v) is 4.41. The molecule has 0 radical (unpaired) electrons. The normalized spacial score (nSPS) is 17.6. The van der Waals surface area contributed by atoms with Crippen LogP contribution in [0.15, 0.2) is 36.7 Å². The lowest BCUT2D eigenvalue weighted by Gasteiger charge is -2.10. The first-order chi connectivity index (χ1) is 8.74. The highest BCUT2D eigenvalue weighted by molar-refractivity contribution is 6.02. The molecule has 1 unspecified atom stereocenters. The first kappa shape index (κ1) is 11.0. The summed E-state index contributed by atoms with van der Waals surface area (Å²) in [6, 6.07) is 7.47. The number of nitrogens with zero attached hydrogens (tertiary/aromatic N) is 2. The van der Waals surface area contributed by atoms with Gasteiger partial charge in [0.05, 0.1) is 6.20 Å². The van der Waals surface area contributed by atoms with Gasteiger partial charge in [-0.2, -0.15) is 5.10 Å². The molecule has 0 saturated carbocycles. The zero-order chi connectivity index (χ0) is 12.5. The number of aromatic nitrogens is 2. The van der Waals surface area contributed by atoms with Crippen LogP contribution in [0.5, 0.6) is 0 Å². The first-order valence-corrected chi connectivity index (χ1v) is 5.85. The summed E-state index contributed by atoms with van der Waals surface area (Å²) in [5.41, 5.74) is 2.97. The molecule has 1 atom stereocenters. The van der Waals surface area contributed by atoms with Gasteiger partial charge in [-0.05, 0) is 6.07 Å². The maximum Gasteiger partial charge on any atom is 0.246 e. The summed E-state index contributed by atoms with van der Waals surface area (Å²) in [7, 11) is 1.88. The van der Waals surface area contributed by atoms with E-state index in [-0.39, 0.29) is 11.9 Å². The maximum atomic E-state index is 11.9. The van der Waals surface area contributed by atoms with E-state index in [1.807, 2.05) is 37.5 Å². The molecule has 0 bridgehead atoms. The van der Waals surface area contributed by atoms with E-state index in [1.54, 1.807) is 10.9 Å². The van der Waals surface area contributed by atoms with Gasteiger partial charge in [-0.15, -0.1) is 0 Å². The molecule has 1 aliphatic rings. The van der Waals surface area contributed by atoms with Gasteiger partial charge < -0.3 is 5.32 Å². The minimum Gasteiger partial charge on any atom is -0.324 e. The summed E-state index contributed by atoms with van der Waals surface area (Å²) in [5.74, 6) is 0.0000836. The minimum absolute atomic E-state index is 0.0000836. The molecule has 5 heteroatoms. The quantitative estimate of drug-likeness (QED) is 0.850. The number of fused-ring (bicyclic) bond motifs is 1. The van der Waals surface area contributed by atoms with Crippen molar-refractivity contribution < 1.29 is 4.79 Å². The van der Waals surface area contributed by atoms with Crippen LogP contribution in [0.1, 0.15) is 17.2 Å². The molecule has 0 spiro atoms. The van der Waals surface area contributed by atoms with Crippen LogP contribution < -0.4 is 10.6 Å². The van der Waals surface area contributed by atoms with Crippen LogP contribution in [0, 0.1) is 0 Å². The maximum absolute atomic E-state index is 11.9. The van der Waals surface area contributed by atoms with Crippen molar-refractivity contribution >= 4 is 11.6 Å². The average Bonchev–Trinajstić information content (AvgIpc) is 2.90. The number of rotatable bonds is 3. The Kier molecular flexibility index (Phi) is 2.60. The van der Waals surface area contributed by atoms with E-state index in [1.165, 1.54) is 0 Å². The summed E-state index contributed by atoms with van der Waals surface area (Å²) in [6.07, 6.45) is 3.73. The van der Waals surface area contributed by atoms with Gasteiger partial charge in [0.1, 0.15) is 6.04 Å². The van der Waals surface area contributed by atoms with Crippen LogP contribution in [0.3, 0.4) is 0 Å². The fourth-order valence-corrected chi connectivity index (χ4v) is 2.19. The van der Waals surface area contributed by atoms with Gasteiger partial charge in [-0.25, -0.2) is 0 Å². The van der Waals surface area contributed by atoms with Crippen LogP contribution in [0.4, 0.5) is 5.69 Å². The first-order valence-electron chi connectivity index (χ1n) is 5.85. The summed E-state index contributed by atoms with van der Waals surface area (Å²) < 4.78 is 1.75. The van der Waals surface area contributed by atoms with Gasteiger partial charge in [-0.1, -0.05) is 18.2 Å². The molecule has 0 aliphatic carbocycles. The van der Waals surface area contributed by atoms with Crippen molar-refractivity contribution in [3.05, 3.63) is 47.8 Å². The largest absolute Gasteiger partial charge is 0.324 e. The molecule has 92 valence electrons. The van der Waals surface area contributed by atoms with Gasteiger partial charge in [0.15, 0.2) is 0 Å². The number of anilines is 1. The molecule has 1 aromatic carbocycles. The third kappa shape index (κ3) is 1.89. The summed E-state index contributed by atoms with van der Waals surface area (Å²) >= 11 is 0. The number of aryl methyl sites for hydroxylation is 1. The van der Waals surface area contributed by atoms with E-state index in [9.17, 15) is 4.79 Å². The number of nitrogens with one attached hydrogen (secondary N) is 2. The van der Waals surface area contributed by atoms with Gasteiger partial charge in [-0.3, -0.25) is 14.8 Å². The molecule has 3 rings (SSSR count). The van der Waals surface area contributed by atoms with E-state index >= 15 is 0 Å². The molecular weight excluding hydrogens is 228 g/mol. The lowest BCUT2D eigenvalue weighted by molar-refractivity contribution is -0.117. The number of benzene rings is 1. The Bertz CT molecular complexity index is 590. The Balaban J connectivity index is 1.75. The van der Waals surface area contributed by atoms with Crippen molar-refractivity contribution in [2.75, 3.05) is 5.32 Å². The molecule has 1 aromatic heterocycles. The van der Waals surface area contributed by atoms with E-state index in [0.717, 1.165) is 16.8 Å². The van der Waals surface area contributed by atoms with Gasteiger partial charge in [0, 0.05) is 36.6 Å². The van der Waals surface area contributed by atoms with Crippen molar-refractivity contribution in [3.8, 4) is 0 Å². The number of carbonyl (C=O) groups excluding carboxylic acids is 1. The van der Waals surface area contributed by atoms with Crippen molar-refractivity contribution in [3.63, 3.8) is 0 Å². The molecule has 2 aromatic rings. The monoisotopic (exact) mass is 242 g/mol. The highest BCUT2D eigenvalue weighted by Gasteiger charge is 2.29. The van der Waals surface area contributed by atoms with Crippen molar-refractivity contribution in [1.29, 1.82) is 0 Å². The number of hydrogen-bond donors (Lipinski definition) is 2. The molecule has 1 amide bonds. The number of carbonyl (C=O) groups is 1. The van der Waals surface area contributed by atoms with Crippen molar-refractivity contribution in [1.82, 2.24) is 15.1 Å². The fourth-order valence-electron chi connectivity index (χ4n) is 2.19. The predicted octanol–water partition coefficient (Wildman–Crippen LogP) is 1.20. The van der Waals surface area contributed by atoms with Gasteiger partial charge in [0.25, 0.3) is 0 Å². The van der Waals surface area contributed by atoms with Crippen LogP contribution in [0.2, 0.25) is 0 Å². The summed E-state index contributed by atoms with van der Waals surface area (Å²) in [6.45, 7) is 0.625. The summed E-state index contributed by atoms with van der Waals surface area (Å²) in [4.78, 5) is 11.9. The average molecular weight is 242 g/mol. The van der Waals surface area contributed by atoms with E-state index in [4.69, 9.17) is 0 Å². The number of hydrogen-bond acceptors (Lipinski definition) is 3. The summed E-state index contributed by atoms with van der Waals surface area (Å²) in [5, 5.41) is 10.2. The highest BCUT2D eigenvalue weighted by Crippen LogP contribution is 2.30. The Morgan fingerprint density at radius 1 is 1.44 bits per heavy atom. The highest BCUT2D eigenvalue weighted by atomic mass is 16.2. The minimum atomic E-state index is -0.276. The van der Waals surface area contributed by atoms with Crippen molar-refractivity contribution in [2.45, 2.75) is 12.6 Å². The molecule has 2 heterocycles. The number of amides is 1. The van der Waals surface area contributed by atoms with Crippen LogP contribution in [0.25, 0.3) is 0 Å². The topological polar surface area (TPSA) is 59.0 Å². The van der Waals surface area contributed by atoms with Crippen LogP contribution in [-0.2, 0) is 18.4 Å². The third-order valence-electron chi connectivity index (χ3n) is 3.06. The van der Waals surface area contributed by atoms with E-state index in [2.05, 4.69) is 15.7 Å². The van der Waals surface area contributed by atoms with E-state index in [0.29, 0.717) is 6.54 Å². The second-order valence-electron chi connectivity index (χ2n) is 4.41. The van der Waals surface area contributed by atoms with Crippen LogP contribution >= 0.6 is 0 Å². The molecule has 2 N–H and O–H groups in total. The SMILES string of the molecule is Cn1cc(CNC2C(=O)Nc3ccccc32)cn1. The zero-order valence-corrected chi connectivity index (χ0v) is 10.1. The Labute approximate surface area is 105 Å². The van der Waals surface area contributed by atoms with Gasteiger partial charge in [0.2, 0.25) is 5.91 Å². The third-order valence-corrected chi connectivity index (χ3v) is 3.06. The predicted molar refractivity (Wildman–Crippen MR) is 67.9 cm³/mol. The van der Waals surface area contributed by atoms with Gasteiger partial charge >= 0.3 is 0 Å². The smallest absolute Gasteiger partial charge is 0.246 e. The van der Waals surface area contributed by atoms with Crippen LogP contribution in [-0.4, -0.2) is 15.7 Å². The molecule has 1 aliphatic heterocycles.